The van der Waals surface area contributed by atoms with Gasteiger partial charge in [-0.1, -0.05) is 61.4 Å². The van der Waals surface area contributed by atoms with Gasteiger partial charge in [0, 0.05) is 22.9 Å². The third kappa shape index (κ3) is 4.81. The SMILES string of the molecule is COc1c(C(N)=O)sc2c1c(=O)n(CC(=O)c1ccccc1)c1c([C@@H]3CCCC[C@H]3NC(=O)CO)cccc21. The average molecular weight is 548 g/mol. The molecule has 1 aliphatic carbocycles. The van der Waals surface area contributed by atoms with Crippen LogP contribution in [0.1, 0.15) is 57.2 Å². The van der Waals surface area contributed by atoms with Crippen LogP contribution in [0, 0.1) is 0 Å². The van der Waals surface area contributed by atoms with Crippen LogP contribution < -0.4 is 21.3 Å². The van der Waals surface area contributed by atoms with Crippen molar-refractivity contribution in [3.05, 3.63) is 74.9 Å². The summed E-state index contributed by atoms with van der Waals surface area (Å²) in [4.78, 5) is 52.1. The van der Waals surface area contributed by atoms with E-state index in [4.69, 9.17) is 10.5 Å². The van der Waals surface area contributed by atoms with Crippen molar-refractivity contribution in [3.8, 4) is 5.75 Å². The molecule has 0 aliphatic heterocycles. The molecular formula is C29H29N3O6S. The summed E-state index contributed by atoms with van der Waals surface area (Å²) < 4.78 is 7.51. The number of rotatable bonds is 8. The molecule has 10 heteroatoms. The lowest BCUT2D eigenvalue weighted by Gasteiger charge is -2.33. The van der Waals surface area contributed by atoms with Gasteiger partial charge in [0.1, 0.15) is 16.9 Å². The summed E-state index contributed by atoms with van der Waals surface area (Å²) in [5.74, 6) is -1.45. The Balaban J connectivity index is 1.81. The molecule has 4 aromatic rings. The number of hydrogen-bond donors (Lipinski definition) is 3. The minimum atomic E-state index is -0.706. The van der Waals surface area contributed by atoms with Crippen LogP contribution >= 0.6 is 11.3 Å². The third-order valence-electron chi connectivity index (χ3n) is 7.39. The number of ether oxygens (including phenoxy) is 1. The first-order valence-corrected chi connectivity index (χ1v) is 13.6. The minimum Gasteiger partial charge on any atom is -0.494 e. The molecule has 1 saturated carbocycles. The van der Waals surface area contributed by atoms with Crippen molar-refractivity contribution in [2.24, 2.45) is 5.73 Å². The van der Waals surface area contributed by atoms with E-state index in [-0.39, 0.29) is 40.3 Å². The summed E-state index contributed by atoms with van der Waals surface area (Å²) in [6.07, 6.45) is 3.33. The molecule has 2 heterocycles. The number of primary amides is 1. The van der Waals surface area contributed by atoms with Crippen LogP contribution in [0.5, 0.6) is 5.75 Å². The van der Waals surface area contributed by atoms with Crippen molar-refractivity contribution >= 4 is 49.9 Å². The number of nitrogens with two attached hydrogens (primary N) is 1. The number of amides is 2. The smallest absolute Gasteiger partial charge is 0.264 e. The number of nitrogens with zero attached hydrogens (tertiary/aromatic N) is 1. The number of para-hydroxylation sites is 1. The molecule has 2 aromatic carbocycles. The molecule has 0 radical (unpaired) electrons. The van der Waals surface area contributed by atoms with E-state index >= 15 is 0 Å². The number of thiophene rings is 1. The maximum absolute atomic E-state index is 14.1. The number of ketones is 1. The Hall–Kier alpha value is -4.02. The van der Waals surface area contributed by atoms with E-state index in [9.17, 15) is 24.3 Å². The lowest BCUT2D eigenvalue weighted by atomic mass is 9.79. The monoisotopic (exact) mass is 547 g/mol. The Morgan fingerprint density at radius 3 is 2.54 bits per heavy atom. The van der Waals surface area contributed by atoms with E-state index in [2.05, 4.69) is 5.32 Å². The molecule has 202 valence electrons. The second-order valence-electron chi connectivity index (χ2n) is 9.68. The number of carbonyl (C=O) groups is 3. The standard InChI is InChI=1S/C29H29N3O6S/c1-38-25-23-26(39-27(25)28(30)36)19-12-7-11-18(17-10-5-6-13-20(17)31-22(35)15-33)24(19)32(29(23)37)14-21(34)16-8-3-2-4-9-16/h2-4,7-9,11-12,17,20,33H,5-6,10,13-15H2,1H3,(H2,30,36)(H,31,35)/t17-,20+/m0/s1. The van der Waals surface area contributed by atoms with Gasteiger partial charge in [-0.05, 0) is 18.4 Å². The van der Waals surface area contributed by atoms with Gasteiger partial charge in [0.25, 0.3) is 11.5 Å². The molecule has 1 fully saturated rings. The molecular weight excluding hydrogens is 518 g/mol. The topological polar surface area (TPSA) is 141 Å². The maximum Gasteiger partial charge on any atom is 0.264 e. The number of fused-ring (bicyclic) bond motifs is 3. The number of methoxy groups -OCH3 is 1. The zero-order valence-corrected chi connectivity index (χ0v) is 22.3. The highest BCUT2D eigenvalue weighted by atomic mass is 32.1. The number of Topliss-reactive ketones (excluding diaryl/α,β-unsaturated/α-hetero) is 1. The van der Waals surface area contributed by atoms with E-state index < -0.39 is 24.0 Å². The highest BCUT2D eigenvalue weighted by Crippen LogP contribution is 2.43. The highest BCUT2D eigenvalue weighted by molar-refractivity contribution is 7.22. The first-order chi connectivity index (χ1) is 18.8. The average Bonchev–Trinajstić information content (AvgIpc) is 3.36. The van der Waals surface area contributed by atoms with Crippen LogP contribution in [-0.2, 0) is 11.3 Å². The van der Waals surface area contributed by atoms with Gasteiger partial charge in [-0.3, -0.25) is 23.7 Å². The minimum absolute atomic E-state index is 0.103. The Morgan fingerprint density at radius 1 is 1.10 bits per heavy atom. The third-order valence-corrected chi connectivity index (χ3v) is 8.60. The second kappa shape index (κ2) is 11.0. The fourth-order valence-electron chi connectivity index (χ4n) is 5.68. The maximum atomic E-state index is 14.1. The van der Waals surface area contributed by atoms with Gasteiger partial charge in [-0.2, -0.15) is 0 Å². The number of hydrogen-bond acceptors (Lipinski definition) is 7. The molecule has 9 nitrogen and oxygen atoms in total. The number of benzene rings is 2. The van der Waals surface area contributed by atoms with Gasteiger partial charge in [0.05, 0.1) is 23.9 Å². The summed E-state index contributed by atoms with van der Waals surface area (Å²) in [6.45, 7) is -0.835. The van der Waals surface area contributed by atoms with Crippen molar-refractivity contribution < 1.29 is 24.2 Å². The van der Waals surface area contributed by atoms with E-state index in [1.807, 2.05) is 24.3 Å². The zero-order chi connectivity index (χ0) is 27.7. The van der Waals surface area contributed by atoms with Crippen LogP contribution in [0.25, 0.3) is 21.0 Å². The van der Waals surface area contributed by atoms with Crippen LogP contribution in [0.4, 0.5) is 0 Å². The zero-order valence-electron chi connectivity index (χ0n) is 21.4. The van der Waals surface area contributed by atoms with Crippen molar-refractivity contribution in [2.45, 2.75) is 44.2 Å². The van der Waals surface area contributed by atoms with E-state index in [0.29, 0.717) is 21.2 Å². The number of aromatic nitrogens is 1. The lowest BCUT2D eigenvalue weighted by molar-refractivity contribution is -0.124. The predicted molar refractivity (Wildman–Crippen MR) is 150 cm³/mol. The summed E-state index contributed by atoms with van der Waals surface area (Å²) in [7, 11) is 1.38. The van der Waals surface area contributed by atoms with E-state index in [1.54, 1.807) is 24.3 Å². The van der Waals surface area contributed by atoms with Gasteiger partial charge in [0.2, 0.25) is 5.91 Å². The van der Waals surface area contributed by atoms with Crippen LogP contribution in [0.2, 0.25) is 0 Å². The van der Waals surface area contributed by atoms with Crippen LogP contribution in [-0.4, -0.2) is 47.0 Å². The molecule has 0 unspecified atom stereocenters. The van der Waals surface area contributed by atoms with E-state index in [0.717, 1.165) is 42.6 Å². The number of aliphatic hydroxyl groups is 1. The molecule has 0 spiro atoms. The molecule has 1 aliphatic rings. The number of carbonyl (C=O) groups excluding carboxylic acids is 3. The number of pyridine rings is 1. The summed E-state index contributed by atoms with van der Waals surface area (Å²) >= 11 is 1.09. The summed E-state index contributed by atoms with van der Waals surface area (Å²) in [6, 6.07) is 14.2. The molecule has 2 atom stereocenters. The number of nitrogens with one attached hydrogen (secondary N) is 1. The van der Waals surface area contributed by atoms with Gasteiger partial charge in [-0.15, -0.1) is 11.3 Å². The fourth-order valence-corrected chi connectivity index (χ4v) is 6.82. The van der Waals surface area contributed by atoms with Gasteiger partial charge >= 0.3 is 0 Å². The van der Waals surface area contributed by atoms with Crippen LogP contribution in [0.3, 0.4) is 0 Å². The van der Waals surface area contributed by atoms with Crippen molar-refractivity contribution in [3.63, 3.8) is 0 Å². The summed E-state index contributed by atoms with van der Waals surface area (Å²) in [5, 5.41) is 13.2. The Morgan fingerprint density at radius 2 is 1.85 bits per heavy atom. The lowest BCUT2D eigenvalue weighted by Crippen LogP contribution is -2.42. The van der Waals surface area contributed by atoms with Gasteiger partial charge in [0.15, 0.2) is 11.5 Å². The second-order valence-corrected chi connectivity index (χ2v) is 10.7. The molecule has 2 amide bonds. The normalized spacial score (nSPS) is 17.3. The Labute approximate surface area is 228 Å². The van der Waals surface area contributed by atoms with E-state index in [1.165, 1.54) is 11.7 Å². The Kier molecular flexibility index (Phi) is 7.49. The van der Waals surface area contributed by atoms with Crippen molar-refractivity contribution in [1.82, 2.24) is 9.88 Å². The molecule has 39 heavy (non-hydrogen) atoms. The molecule has 0 bridgehead atoms. The quantitative estimate of drug-likeness (QED) is 0.289. The Bertz CT molecular complexity index is 1640. The predicted octanol–water partition coefficient (Wildman–Crippen LogP) is 3.34. The van der Waals surface area contributed by atoms with Gasteiger partial charge < -0.3 is 20.9 Å². The van der Waals surface area contributed by atoms with Gasteiger partial charge in [-0.25, -0.2) is 0 Å². The molecule has 2 aromatic heterocycles. The molecule has 4 N–H and O–H groups in total. The fraction of sp³-hybridized carbons (Fsp3) is 0.310. The van der Waals surface area contributed by atoms with Crippen molar-refractivity contribution in [2.75, 3.05) is 13.7 Å². The highest BCUT2D eigenvalue weighted by Gasteiger charge is 2.32. The summed E-state index contributed by atoms with van der Waals surface area (Å²) in [5.41, 5.74) is 7.05. The molecule has 0 saturated heterocycles. The first kappa shape index (κ1) is 26.6. The largest absolute Gasteiger partial charge is 0.494 e. The van der Waals surface area contributed by atoms with Crippen LogP contribution in [0.15, 0.2) is 53.3 Å². The first-order valence-electron chi connectivity index (χ1n) is 12.8. The molecule has 5 rings (SSSR count). The van der Waals surface area contributed by atoms with Crippen molar-refractivity contribution in [1.29, 1.82) is 0 Å². The number of aliphatic hydroxyl groups excluding tert-OH is 1.